The number of fused-ring (bicyclic) bond motifs is 1. The van der Waals surface area contributed by atoms with Crippen LogP contribution in [0.5, 0.6) is 0 Å². The molecule has 2 aliphatic rings. The van der Waals surface area contributed by atoms with Crippen LogP contribution in [0.3, 0.4) is 0 Å². The number of ether oxygens (including phenoxy) is 1. The molecule has 5 atom stereocenters. The fourth-order valence-corrected chi connectivity index (χ4v) is 5.62. The van der Waals surface area contributed by atoms with Gasteiger partial charge in [0.1, 0.15) is 6.10 Å². The summed E-state index contributed by atoms with van der Waals surface area (Å²) in [7, 11) is 0. The normalized spacial score (nSPS) is 36.6. The third kappa shape index (κ3) is 4.29. The van der Waals surface area contributed by atoms with Crippen molar-refractivity contribution in [3.63, 3.8) is 0 Å². The highest BCUT2D eigenvalue weighted by molar-refractivity contribution is 5.87. The first kappa shape index (κ1) is 20.1. The van der Waals surface area contributed by atoms with E-state index in [2.05, 4.69) is 20.8 Å². The highest BCUT2D eigenvalue weighted by Crippen LogP contribution is 2.57. The monoisotopic (exact) mass is 370 g/mol. The van der Waals surface area contributed by atoms with E-state index in [-0.39, 0.29) is 23.4 Å². The maximum absolute atomic E-state index is 12.7. The number of carbonyl (C=O) groups excluding carboxylic acids is 1. The van der Waals surface area contributed by atoms with Gasteiger partial charge < -0.3 is 9.84 Å². The zero-order valence-corrected chi connectivity index (χ0v) is 17.2. The number of benzene rings is 1. The van der Waals surface area contributed by atoms with Crippen LogP contribution in [0.25, 0.3) is 6.08 Å². The quantitative estimate of drug-likeness (QED) is 0.583. The topological polar surface area (TPSA) is 46.5 Å². The standard InChI is InChI=1S/C24H34O3/c1-17(2)19-13-16-23(3)14-8-15-24(4,26)22(23)21(19)27-20(25)12-11-18-9-6-5-7-10-18/h5-7,9-12,17,19,21-22,26H,8,13-16H2,1-4H3/t19-,21+,22+,23+,24+/m0/s1. The van der Waals surface area contributed by atoms with Gasteiger partial charge in [-0.2, -0.15) is 0 Å². The minimum absolute atomic E-state index is 0.00558. The van der Waals surface area contributed by atoms with Crippen LogP contribution >= 0.6 is 0 Å². The average Bonchev–Trinajstić information content (AvgIpc) is 2.59. The molecule has 0 aliphatic heterocycles. The van der Waals surface area contributed by atoms with Crippen molar-refractivity contribution in [2.75, 3.05) is 0 Å². The van der Waals surface area contributed by atoms with E-state index in [4.69, 9.17) is 4.74 Å². The van der Waals surface area contributed by atoms with Gasteiger partial charge >= 0.3 is 5.97 Å². The third-order valence-electron chi connectivity index (χ3n) is 6.97. The summed E-state index contributed by atoms with van der Waals surface area (Å²) in [5.41, 5.74) is 0.239. The molecule has 27 heavy (non-hydrogen) atoms. The second-order valence-corrected chi connectivity index (χ2v) is 9.43. The van der Waals surface area contributed by atoms with E-state index in [0.717, 1.165) is 37.7 Å². The van der Waals surface area contributed by atoms with Gasteiger partial charge in [-0.05, 0) is 61.5 Å². The van der Waals surface area contributed by atoms with E-state index in [1.165, 1.54) is 6.08 Å². The van der Waals surface area contributed by atoms with Gasteiger partial charge in [0.15, 0.2) is 0 Å². The molecular weight excluding hydrogens is 336 g/mol. The Morgan fingerprint density at radius 3 is 2.56 bits per heavy atom. The van der Waals surface area contributed by atoms with Crippen LogP contribution in [0.2, 0.25) is 0 Å². The summed E-state index contributed by atoms with van der Waals surface area (Å²) < 4.78 is 6.07. The van der Waals surface area contributed by atoms with Crippen molar-refractivity contribution in [3.8, 4) is 0 Å². The van der Waals surface area contributed by atoms with E-state index in [0.29, 0.717) is 11.8 Å². The van der Waals surface area contributed by atoms with Crippen molar-refractivity contribution in [1.82, 2.24) is 0 Å². The Kier molecular flexibility index (Phi) is 5.81. The van der Waals surface area contributed by atoms with Gasteiger partial charge in [0.25, 0.3) is 0 Å². The van der Waals surface area contributed by atoms with Crippen LogP contribution in [0.15, 0.2) is 36.4 Å². The van der Waals surface area contributed by atoms with Crippen LogP contribution in [-0.4, -0.2) is 22.8 Å². The number of hydrogen-bond acceptors (Lipinski definition) is 3. The molecule has 0 radical (unpaired) electrons. The predicted octanol–water partition coefficient (Wildman–Crippen LogP) is 5.24. The zero-order valence-electron chi connectivity index (χ0n) is 17.2. The Bertz CT molecular complexity index is 676. The Morgan fingerprint density at radius 1 is 1.19 bits per heavy atom. The predicted molar refractivity (Wildman–Crippen MR) is 109 cm³/mol. The average molecular weight is 371 g/mol. The van der Waals surface area contributed by atoms with Crippen LogP contribution in [0.1, 0.15) is 65.4 Å². The molecule has 3 heteroatoms. The van der Waals surface area contributed by atoms with Gasteiger partial charge in [-0.1, -0.05) is 57.5 Å². The molecule has 1 N–H and O–H groups in total. The lowest BCUT2D eigenvalue weighted by Crippen LogP contribution is -2.59. The first-order chi connectivity index (χ1) is 12.7. The van der Waals surface area contributed by atoms with Crippen molar-refractivity contribution in [1.29, 1.82) is 0 Å². The lowest BCUT2D eigenvalue weighted by atomic mass is 9.51. The summed E-state index contributed by atoms with van der Waals surface area (Å²) in [6.45, 7) is 8.62. The smallest absolute Gasteiger partial charge is 0.331 e. The molecule has 0 spiro atoms. The summed E-state index contributed by atoms with van der Waals surface area (Å²) in [5.74, 6) is 0.402. The van der Waals surface area contributed by atoms with Gasteiger partial charge in [-0.15, -0.1) is 0 Å². The number of hydrogen-bond donors (Lipinski definition) is 1. The molecule has 2 aliphatic carbocycles. The molecule has 1 aromatic carbocycles. The van der Waals surface area contributed by atoms with Crippen molar-refractivity contribution in [2.24, 2.45) is 23.2 Å². The van der Waals surface area contributed by atoms with Crippen molar-refractivity contribution >= 4 is 12.0 Å². The van der Waals surface area contributed by atoms with E-state index < -0.39 is 5.60 Å². The van der Waals surface area contributed by atoms with Gasteiger partial charge in [0.05, 0.1) is 5.60 Å². The maximum Gasteiger partial charge on any atom is 0.331 e. The van der Waals surface area contributed by atoms with Gasteiger partial charge in [0.2, 0.25) is 0 Å². The fraction of sp³-hybridized carbons (Fsp3) is 0.625. The maximum atomic E-state index is 12.7. The summed E-state index contributed by atoms with van der Waals surface area (Å²) in [6.07, 6.45) is 8.18. The fourth-order valence-electron chi connectivity index (χ4n) is 5.62. The Hall–Kier alpha value is -1.61. The van der Waals surface area contributed by atoms with E-state index in [1.807, 2.05) is 37.3 Å². The second-order valence-electron chi connectivity index (χ2n) is 9.43. The Balaban J connectivity index is 1.83. The van der Waals surface area contributed by atoms with Crippen LogP contribution in [0.4, 0.5) is 0 Å². The molecule has 1 aromatic rings. The lowest BCUT2D eigenvalue weighted by molar-refractivity contribution is -0.201. The van der Waals surface area contributed by atoms with Crippen LogP contribution < -0.4 is 0 Å². The van der Waals surface area contributed by atoms with Crippen molar-refractivity contribution < 1.29 is 14.6 Å². The minimum atomic E-state index is -0.783. The summed E-state index contributed by atoms with van der Waals surface area (Å²) >= 11 is 0. The molecule has 0 saturated heterocycles. The molecule has 148 valence electrons. The summed E-state index contributed by atoms with van der Waals surface area (Å²) in [6, 6.07) is 9.78. The molecular formula is C24H34O3. The van der Waals surface area contributed by atoms with Crippen LogP contribution in [-0.2, 0) is 9.53 Å². The lowest BCUT2D eigenvalue weighted by Gasteiger charge is -2.57. The van der Waals surface area contributed by atoms with E-state index >= 15 is 0 Å². The first-order valence-electron chi connectivity index (χ1n) is 10.4. The Labute approximate surface area is 163 Å². The minimum Gasteiger partial charge on any atom is -0.458 e. The molecule has 0 aromatic heterocycles. The highest BCUT2D eigenvalue weighted by Gasteiger charge is 2.57. The summed E-state index contributed by atoms with van der Waals surface area (Å²) in [4.78, 5) is 12.7. The molecule has 3 rings (SSSR count). The second kappa shape index (κ2) is 7.79. The van der Waals surface area contributed by atoms with E-state index in [9.17, 15) is 9.90 Å². The number of rotatable bonds is 4. The first-order valence-corrected chi connectivity index (χ1v) is 10.4. The number of carbonyl (C=O) groups is 1. The van der Waals surface area contributed by atoms with Gasteiger partial charge in [-0.25, -0.2) is 4.79 Å². The van der Waals surface area contributed by atoms with Crippen LogP contribution in [0, 0.1) is 23.2 Å². The number of aliphatic hydroxyl groups is 1. The molecule has 0 unspecified atom stereocenters. The third-order valence-corrected chi connectivity index (χ3v) is 6.97. The van der Waals surface area contributed by atoms with Gasteiger partial charge in [-0.3, -0.25) is 0 Å². The molecule has 2 fully saturated rings. The van der Waals surface area contributed by atoms with Gasteiger partial charge in [0, 0.05) is 12.0 Å². The molecule has 0 amide bonds. The SMILES string of the molecule is CC(C)[C@@H]1CC[C@@]2(C)CCC[C@@](C)(O)[C@@H]2[C@@H]1OC(=O)C=Cc1ccccc1. The largest absolute Gasteiger partial charge is 0.458 e. The van der Waals surface area contributed by atoms with Crippen molar-refractivity contribution in [2.45, 2.75) is 71.5 Å². The molecule has 3 nitrogen and oxygen atoms in total. The van der Waals surface area contributed by atoms with Crippen molar-refractivity contribution in [3.05, 3.63) is 42.0 Å². The highest BCUT2D eigenvalue weighted by atomic mass is 16.5. The molecule has 0 heterocycles. The molecule has 2 saturated carbocycles. The Morgan fingerprint density at radius 2 is 1.89 bits per heavy atom. The zero-order chi connectivity index (χ0) is 19.7. The molecule has 0 bridgehead atoms. The number of esters is 1. The summed E-state index contributed by atoms with van der Waals surface area (Å²) in [5, 5.41) is 11.2. The van der Waals surface area contributed by atoms with E-state index in [1.54, 1.807) is 6.08 Å².